The molecule has 1 amide bonds. The first-order valence-electron chi connectivity index (χ1n) is 6.77. The summed E-state index contributed by atoms with van der Waals surface area (Å²) in [6, 6.07) is 0. The van der Waals surface area contributed by atoms with Crippen LogP contribution in [0.3, 0.4) is 0 Å². The van der Waals surface area contributed by atoms with Crippen molar-refractivity contribution in [3.8, 4) is 0 Å². The van der Waals surface area contributed by atoms with Crippen LogP contribution in [0.25, 0.3) is 0 Å². The number of methoxy groups -OCH3 is 1. The van der Waals surface area contributed by atoms with Gasteiger partial charge in [0.05, 0.1) is 0 Å². The van der Waals surface area contributed by atoms with Crippen molar-refractivity contribution >= 4 is 5.91 Å². The number of fused-ring (bicyclic) bond motifs is 1. The number of hydrogen-bond acceptors (Lipinski definition) is 5. The lowest BCUT2D eigenvalue weighted by Crippen LogP contribution is -2.39. The normalized spacial score (nSPS) is 36.2. The minimum absolute atomic E-state index is 0.0293. The molecule has 0 aromatic heterocycles. The Bertz CT molecular complexity index is 333. The third kappa shape index (κ3) is 3.25. The van der Waals surface area contributed by atoms with Crippen LogP contribution in [0.5, 0.6) is 0 Å². The van der Waals surface area contributed by atoms with E-state index in [9.17, 15) is 4.79 Å². The van der Waals surface area contributed by atoms with E-state index in [0.29, 0.717) is 13.0 Å². The van der Waals surface area contributed by atoms with E-state index in [-0.39, 0.29) is 24.2 Å². The second-order valence-electron chi connectivity index (χ2n) is 5.40. The maximum Gasteiger partial charge on any atom is 0.220 e. The largest absolute Gasteiger partial charge is 0.353 e. The Morgan fingerprint density at radius 1 is 1.32 bits per heavy atom. The van der Waals surface area contributed by atoms with Gasteiger partial charge >= 0.3 is 0 Å². The molecule has 2 fully saturated rings. The van der Waals surface area contributed by atoms with Crippen LogP contribution in [0.4, 0.5) is 0 Å². The van der Waals surface area contributed by atoms with Crippen LogP contribution >= 0.6 is 0 Å². The molecule has 0 spiro atoms. The summed E-state index contributed by atoms with van der Waals surface area (Å²) < 4.78 is 22.6. The first kappa shape index (κ1) is 14.7. The van der Waals surface area contributed by atoms with Crippen LogP contribution in [0.1, 0.15) is 33.6 Å². The highest BCUT2D eigenvalue weighted by atomic mass is 16.8. The van der Waals surface area contributed by atoms with Gasteiger partial charge in [-0.3, -0.25) is 4.79 Å². The number of carbonyl (C=O) groups is 1. The van der Waals surface area contributed by atoms with Crippen molar-refractivity contribution in [3.05, 3.63) is 0 Å². The van der Waals surface area contributed by atoms with Crippen LogP contribution in [0.2, 0.25) is 0 Å². The second kappa shape index (κ2) is 5.75. The van der Waals surface area contributed by atoms with Gasteiger partial charge in [-0.05, 0) is 20.3 Å². The fraction of sp³-hybridized carbons (Fsp3) is 0.923. The fourth-order valence-corrected chi connectivity index (χ4v) is 2.53. The number of hydrogen-bond donors (Lipinski definition) is 1. The highest BCUT2D eigenvalue weighted by Gasteiger charge is 2.55. The van der Waals surface area contributed by atoms with Gasteiger partial charge in [-0.25, -0.2) is 0 Å². The Morgan fingerprint density at radius 2 is 2.00 bits per heavy atom. The first-order chi connectivity index (χ1) is 8.96. The summed E-state index contributed by atoms with van der Waals surface area (Å²) in [4.78, 5) is 11.5. The van der Waals surface area contributed by atoms with Crippen LogP contribution in [-0.2, 0) is 23.7 Å². The van der Waals surface area contributed by atoms with Crippen molar-refractivity contribution in [2.75, 3.05) is 13.7 Å². The van der Waals surface area contributed by atoms with Crippen LogP contribution < -0.4 is 5.32 Å². The average molecular weight is 273 g/mol. The van der Waals surface area contributed by atoms with E-state index in [1.165, 1.54) is 0 Å². The lowest BCUT2D eigenvalue weighted by Gasteiger charge is -2.23. The standard InChI is InChI=1S/C13H23NO5/c1-5-6-9(15)14-7-8-10-11(12(16-4)17-8)19-13(2,3)18-10/h8,10-12H,5-7H2,1-4H3,(H,14,15)/t8-,10-,11-,12?/m1/s1. The number of nitrogens with one attached hydrogen (secondary N) is 1. The molecule has 0 aliphatic carbocycles. The van der Waals surface area contributed by atoms with Gasteiger partial charge in [-0.2, -0.15) is 0 Å². The minimum Gasteiger partial charge on any atom is -0.353 e. The Kier molecular flexibility index (Phi) is 4.45. The van der Waals surface area contributed by atoms with Gasteiger partial charge in [0.1, 0.15) is 18.3 Å². The summed E-state index contributed by atoms with van der Waals surface area (Å²) in [6.45, 7) is 6.12. The molecule has 0 radical (unpaired) electrons. The van der Waals surface area contributed by atoms with E-state index < -0.39 is 12.1 Å². The van der Waals surface area contributed by atoms with Gasteiger partial charge in [-0.1, -0.05) is 6.92 Å². The van der Waals surface area contributed by atoms with E-state index in [0.717, 1.165) is 6.42 Å². The molecule has 6 nitrogen and oxygen atoms in total. The van der Waals surface area contributed by atoms with E-state index in [4.69, 9.17) is 18.9 Å². The van der Waals surface area contributed by atoms with Crippen molar-refractivity contribution in [3.63, 3.8) is 0 Å². The molecule has 2 heterocycles. The maximum atomic E-state index is 11.5. The first-order valence-corrected chi connectivity index (χ1v) is 6.77. The molecule has 2 aliphatic heterocycles. The monoisotopic (exact) mass is 273 g/mol. The van der Waals surface area contributed by atoms with Crippen molar-refractivity contribution in [1.29, 1.82) is 0 Å². The SMILES string of the molecule is CCCC(=O)NC[C@H]1OC(OC)[C@@H]2OC(C)(C)O[C@H]12. The van der Waals surface area contributed by atoms with Gasteiger partial charge in [0.2, 0.25) is 5.91 Å². The molecule has 0 aromatic rings. The Hall–Kier alpha value is -0.690. The Morgan fingerprint density at radius 3 is 2.63 bits per heavy atom. The quantitative estimate of drug-likeness (QED) is 0.802. The lowest BCUT2D eigenvalue weighted by molar-refractivity contribution is -0.226. The third-order valence-corrected chi connectivity index (χ3v) is 3.32. The molecule has 0 aromatic carbocycles. The van der Waals surface area contributed by atoms with Crippen LogP contribution in [-0.4, -0.2) is 50.0 Å². The molecule has 2 saturated heterocycles. The van der Waals surface area contributed by atoms with Gasteiger partial charge in [0.25, 0.3) is 0 Å². The summed E-state index contributed by atoms with van der Waals surface area (Å²) >= 11 is 0. The smallest absolute Gasteiger partial charge is 0.220 e. The summed E-state index contributed by atoms with van der Waals surface area (Å²) in [7, 11) is 1.58. The van der Waals surface area contributed by atoms with Crippen molar-refractivity contribution in [2.24, 2.45) is 0 Å². The molecule has 1 N–H and O–H groups in total. The Balaban J connectivity index is 1.93. The van der Waals surface area contributed by atoms with Crippen LogP contribution in [0, 0.1) is 0 Å². The maximum absolute atomic E-state index is 11.5. The molecular weight excluding hydrogens is 250 g/mol. The Labute approximate surface area is 113 Å². The number of amides is 1. The molecule has 2 aliphatic rings. The minimum atomic E-state index is -0.637. The number of carbonyl (C=O) groups excluding carboxylic acids is 1. The van der Waals surface area contributed by atoms with Gasteiger partial charge in [0, 0.05) is 20.1 Å². The predicted molar refractivity (Wildman–Crippen MR) is 67.4 cm³/mol. The van der Waals surface area contributed by atoms with E-state index in [1.54, 1.807) is 7.11 Å². The average Bonchev–Trinajstić information content (AvgIpc) is 2.80. The lowest BCUT2D eigenvalue weighted by atomic mass is 10.1. The van der Waals surface area contributed by atoms with E-state index in [2.05, 4.69) is 5.32 Å². The van der Waals surface area contributed by atoms with Crippen LogP contribution in [0.15, 0.2) is 0 Å². The van der Waals surface area contributed by atoms with E-state index >= 15 is 0 Å². The van der Waals surface area contributed by atoms with Gasteiger partial charge in [-0.15, -0.1) is 0 Å². The molecule has 4 atom stereocenters. The molecule has 1 unspecified atom stereocenters. The second-order valence-corrected chi connectivity index (χ2v) is 5.40. The van der Waals surface area contributed by atoms with E-state index in [1.807, 2.05) is 20.8 Å². The molecule has 2 rings (SSSR count). The topological polar surface area (TPSA) is 66.0 Å². The highest BCUT2D eigenvalue weighted by Crippen LogP contribution is 2.38. The molecule has 110 valence electrons. The summed E-state index contributed by atoms with van der Waals surface area (Å²) in [5.74, 6) is -0.608. The molecule has 0 bridgehead atoms. The van der Waals surface area contributed by atoms with Gasteiger partial charge in [0.15, 0.2) is 12.1 Å². The van der Waals surface area contributed by atoms with Crippen molar-refractivity contribution in [2.45, 2.75) is 64.0 Å². The highest BCUT2D eigenvalue weighted by molar-refractivity contribution is 5.75. The van der Waals surface area contributed by atoms with Gasteiger partial charge < -0.3 is 24.3 Å². The zero-order valence-corrected chi connectivity index (χ0v) is 12.0. The fourth-order valence-electron chi connectivity index (χ4n) is 2.53. The van der Waals surface area contributed by atoms with Crippen molar-refractivity contribution < 1.29 is 23.7 Å². The summed E-state index contributed by atoms with van der Waals surface area (Å²) in [5.41, 5.74) is 0. The molecule has 19 heavy (non-hydrogen) atoms. The molecular formula is C13H23NO5. The summed E-state index contributed by atoms with van der Waals surface area (Å²) in [6.07, 6.45) is 0.223. The molecule has 0 saturated carbocycles. The summed E-state index contributed by atoms with van der Waals surface area (Å²) in [5, 5.41) is 2.86. The predicted octanol–water partition coefficient (Wildman–Crippen LogP) is 0.794. The zero-order chi connectivity index (χ0) is 14.0. The van der Waals surface area contributed by atoms with Crippen molar-refractivity contribution in [1.82, 2.24) is 5.32 Å². The zero-order valence-electron chi connectivity index (χ0n) is 12.0. The third-order valence-electron chi connectivity index (χ3n) is 3.32. The number of rotatable bonds is 5. The number of ether oxygens (including phenoxy) is 4. The molecule has 6 heteroatoms.